The Bertz CT molecular complexity index is 633. The molecule has 0 saturated heterocycles. The lowest BCUT2D eigenvalue weighted by Crippen LogP contribution is -2.44. The summed E-state index contributed by atoms with van der Waals surface area (Å²) in [6, 6.07) is 6.09. The lowest BCUT2D eigenvalue weighted by atomic mass is 9.77. The predicted molar refractivity (Wildman–Crippen MR) is 66.1 cm³/mol. The molecule has 1 fully saturated rings. The van der Waals surface area contributed by atoms with Gasteiger partial charge in [-0.1, -0.05) is 11.2 Å². The topological polar surface area (TPSA) is 108 Å². The zero-order chi connectivity index (χ0) is 13.5. The van der Waals surface area contributed by atoms with Gasteiger partial charge in [0, 0.05) is 17.7 Å². The van der Waals surface area contributed by atoms with Crippen LogP contribution < -0.4 is 5.73 Å². The van der Waals surface area contributed by atoms with Gasteiger partial charge in [-0.15, -0.1) is 0 Å². The van der Waals surface area contributed by atoms with Crippen LogP contribution in [-0.2, 0) is 5.54 Å². The van der Waals surface area contributed by atoms with E-state index in [4.69, 9.17) is 10.3 Å². The Hall–Kier alpha value is -2.28. The standard InChI is InChI=1S/C12H12N4O3/c13-12(5-2-6-12)11-14-10(19-15-11)8-3-1-4-9(7-8)16(17)18/h1,3-4,7H,2,5-6,13H2. The molecule has 1 aromatic heterocycles. The lowest BCUT2D eigenvalue weighted by molar-refractivity contribution is -0.384. The summed E-state index contributed by atoms with van der Waals surface area (Å²) in [5.41, 5.74) is 6.12. The van der Waals surface area contributed by atoms with Crippen molar-refractivity contribution in [3.8, 4) is 11.5 Å². The molecule has 1 aliphatic carbocycles. The summed E-state index contributed by atoms with van der Waals surface area (Å²) in [6.07, 6.45) is 2.72. The van der Waals surface area contributed by atoms with Crippen LogP contribution in [0.5, 0.6) is 0 Å². The van der Waals surface area contributed by atoms with E-state index in [1.54, 1.807) is 12.1 Å². The van der Waals surface area contributed by atoms with Crippen LogP contribution in [0.25, 0.3) is 11.5 Å². The molecule has 2 aromatic rings. The normalized spacial score (nSPS) is 16.9. The summed E-state index contributed by atoms with van der Waals surface area (Å²) in [4.78, 5) is 14.5. The maximum atomic E-state index is 10.7. The van der Waals surface area contributed by atoms with E-state index in [-0.39, 0.29) is 11.6 Å². The molecule has 0 radical (unpaired) electrons. The van der Waals surface area contributed by atoms with Crippen molar-refractivity contribution in [1.82, 2.24) is 10.1 Å². The van der Waals surface area contributed by atoms with Crippen LogP contribution in [0.15, 0.2) is 28.8 Å². The highest BCUT2D eigenvalue weighted by molar-refractivity contribution is 5.57. The number of nitro groups is 1. The molecule has 0 unspecified atom stereocenters. The molecule has 2 N–H and O–H groups in total. The van der Waals surface area contributed by atoms with E-state index >= 15 is 0 Å². The van der Waals surface area contributed by atoms with Gasteiger partial charge in [-0.05, 0) is 25.3 Å². The third-order valence-corrected chi connectivity index (χ3v) is 3.42. The molecular weight excluding hydrogens is 248 g/mol. The molecule has 1 aliphatic rings. The second kappa shape index (κ2) is 4.13. The summed E-state index contributed by atoms with van der Waals surface area (Å²) >= 11 is 0. The largest absolute Gasteiger partial charge is 0.334 e. The highest BCUT2D eigenvalue weighted by Gasteiger charge is 2.39. The van der Waals surface area contributed by atoms with Crippen LogP contribution in [-0.4, -0.2) is 15.1 Å². The molecule has 7 nitrogen and oxygen atoms in total. The van der Waals surface area contributed by atoms with Crippen LogP contribution in [0.4, 0.5) is 5.69 Å². The van der Waals surface area contributed by atoms with E-state index in [1.165, 1.54) is 12.1 Å². The van der Waals surface area contributed by atoms with E-state index in [1.807, 2.05) is 0 Å². The Morgan fingerprint density at radius 1 is 1.42 bits per heavy atom. The molecule has 0 atom stereocenters. The Morgan fingerprint density at radius 2 is 2.21 bits per heavy atom. The summed E-state index contributed by atoms with van der Waals surface area (Å²) in [5.74, 6) is 0.732. The Kier molecular flexibility index (Phi) is 2.56. The Balaban J connectivity index is 1.94. The fourth-order valence-electron chi connectivity index (χ4n) is 2.08. The number of non-ortho nitro benzene ring substituents is 1. The number of benzene rings is 1. The van der Waals surface area contributed by atoms with E-state index in [9.17, 15) is 10.1 Å². The molecule has 1 heterocycles. The van der Waals surface area contributed by atoms with Gasteiger partial charge < -0.3 is 10.3 Å². The first kappa shape index (κ1) is 11.8. The molecule has 0 bridgehead atoms. The number of rotatable bonds is 3. The van der Waals surface area contributed by atoms with Gasteiger partial charge in [0.15, 0.2) is 5.82 Å². The summed E-state index contributed by atoms with van der Waals surface area (Å²) in [5, 5.41) is 14.6. The summed E-state index contributed by atoms with van der Waals surface area (Å²) < 4.78 is 5.14. The van der Waals surface area contributed by atoms with Crippen molar-refractivity contribution >= 4 is 5.69 Å². The van der Waals surface area contributed by atoms with Crippen LogP contribution in [0.3, 0.4) is 0 Å². The van der Waals surface area contributed by atoms with Crippen molar-refractivity contribution in [3.63, 3.8) is 0 Å². The number of aromatic nitrogens is 2. The van der Waals surface area contributed by atoms with Gasteiger partial charge >= 0.3 is 0 Å². The van der Waals surface area contributed by atoms with Gasteiger partial charge in [-0.2, -0.15) is 4.98 Å². The van der Waals surface area contributed by atoms with Gasteiger partial charge in [0.25, 0.3) is 11.6 Å². The van der Waals surface area contributed by atoms with Gasteiger partial charge in [-0.3, -0.25) is 10.1 Å². The van der Waals surface area contributed by atoms with Gasteiger partial charge in [0.05, 0.1) is 10.5 Å². The molecule has 0 amide bonds. The van der Waals surface area contributed by atoms with Crippen molar-refractivity contribution in [2.45, 2.75) is 24.8 Å². The third kappa shape index (κ3) is 1.97. The maximum Gasteiger partial charge on any atom is 0.270 e. The smallest absolute Gasteiger partial charge is 0.270 e. The highest BCUT2D eigenvalue weighted by atomic mass is 16.6. The number of hydrogen-bond donors (Lipinski definition) is 1. The number of nitro benzene ring substituents is 1. The van der Waals surface area contributed by atoms with Crippen LogP contribution in [0.2, 0.25) is 0 Å². The second-order valence-corrected chi connectivity index (χ2v) is 4.74. The van der Waals surface area contributed by atoms with E-state index < -0.39 is 10.5 Å². The molecule has 98 valence electrons. The monoisotopic (exact) mass is 260 g/mol. The highest BCUT2D eigenvalue weighted by Crippen LogP contribution is 2.37. The average molecular weight is 260 g/mol. The fourth-order valence-corrected chi connectivity index (χ4v) is 2.08. The SMILES string of the molecule is NC1(c2noc(-c3cccc([N+](=O)[O-])c3)n2)CCC1. The summed E-state index contributed by atoms with van der Waals surface area (Å²) in [6.45, 7) is 0. The number of nitrogens with zero attached hydrogens (tertiary/aromatic N) is 3. The Labute approximate surface area is 108 Å². The van der Waals surface area contributed by atoms with E-state index in [0.29, 0.717) is 11.4 Å². The maximum absolute atomic E-state index is 10.7. The van der Waals surface area contributed by atoms with Crippen LogP contribution in [0, 0.1) is 10.1 Å². The molecule has 19 heavy (non-hydrogen) atoms. The zero-order valence-electron chi connectivity index (χ0n) is 10.1. The Morgan fingerprint density at radius 3 is 2.84 bits per heavy atom. The van der Waals surface area contributed by atoms with Crippen LogP contribution >= 0.6 is 0 Å². The van der Waals surface area contributed by atoms with Gasteiger partial charge in [0.2, 0.25) is 0 Å². The first-order valence-corrected chi connectivity index (χ1v) is 5.96. The van der Waals surface area contributed by atoms with E-state index in [2.05, 4.69) is 10.1 Å². The lowest BCUT2D eigenvalue weighted by Gasteiger charge is -2.34. The minimum absolute atomic E-state index is 0.0108. The molecule has 1 aromatic carbocycles. The first-order chi connectivity index (χ1) is 9.08. The molecule has 1 saturated carbocycles. The van der Waals surface area contributed by atoms with E-state index in [0.717, 1.165) is 19.3 Å². The minimum Gasteiger partial charge on any atom is -0.334 e. The number of hydrogen-bond acceptors (Lipinski definition) is 6. The molecular formula is C12H12N4O3. The third-order valence-electron chi connectivity index (χ3n) is 3.42. The second-order valence-electron chi connectivity index (χ2n) is 4.74. The number of nitrogens with two attached hydrogens (primary N) is 1. The summed E-state index contributed by atoms with van der Waals surface area (Å²) in [7, 11) is 0. The average Bonchev–Trinajstić information content (AvgIpc) is 2.86. The fraction of sp³-hybridized carbons (Fsp3) is 0.333. The zero-order valence-corrected chi connectivity index (χ0v) is 10.1. The van der Waals surface area contributed by atoms with Gasteiger partial charge in [-0.25, -0.2) is 0 Å². The predicted octanol–water partition coefficient (Wildman–Crippen LogP) is 1.98. The van der Waals surface area contributed by atoms with Crippen LogP contribution in [0.1, 0.15) is 25.1 Å². The minimum atomic E-state index is -0.498. The molecule has 3 rings (SSSR count). The van der Waals surface area contributed by atoms with Crippen molar-refractivity contribution in [3.05, 3.63) is 40.2 Å². The van der Waals surface area contributed by atoms with Crippen molar-refractivity contribution in [2.75, 3.05) is 0 Å². The first-order valence-electron chi connectivity index (χ1n) is 5.96. The van der Waals surface area contributed by atoms with Crippen molar-refractivity contribution in [2.24, 2.45) is 5.73 Å². The van der Waals surface area contributed by atoms with Crippen molar-refractivity contribution in [1.29, 1.82) is 0 Å². The molecule has 0 aliphatic heterocycles. The van der Waals surface area contributed by atoms with Gasteiger partial charge in [0.1, 0.15) is 0 Å². The molecule has 7 heteroatoms. The van der Waals surface area contributed by atoms with Crippen molar-refractivity contribution < 1.29 is 9.45 Å². The quantitative estimate of drug-likeness (QED) is 0.667. The molecule has 0 spiro atoms.